The van der Waals surface area contributed by atoms with E-state index in [1.54, 1.807) is 27.4 Å². The first kappa shape index (κ1) is 21.4. The summed E-state index contributed by atoms with van der Waals surface area (Å²) in [5.41, 5.74) is 3.83. The van der Waals surface area contributed by atoms with Crippen LogP contribution in [-0.2, 0) is 6.42 Å². The number of hydrogen-bond donors (Lipinski definition) is 1. The van der Waals surface area contributed by atoms with Crippen LogP contribution >= 0.6 is 0 Å². The maximum Gasteiger partial charge on any atom is 0.220 e. The lowest BCUT2D eigenvalue weighted by atomic mass is 9.95. The van der Waals surface area contributed by atoms with Crippen molar-refractivity contribution in [2.75, 3.05) is 21.3 Å². The smallest absolute Gasteiger partial charge is 0.220 e. The van der Waals surface area contributed by atoms with Crippen LogP contribution in [0.15, 0.2) is 64.4 Å². The van der Waals surface area contributed by atoms with Gasteiger partial charge < -0.3 is 19.3 Å². The predicted molar refractivity (Wildman–Crippen MR) is 125 cm³/mol. The predicted octanol–water partition coefficient (Wildman–Crippen LogP) is 4.55. The second-order valence-electron chi connectivity index (χ2n) is 7.52. The summed E-state index contributed by atoms with van der Waals surface area (Å²) in [7, 11) is 4.72. The molecule has 0 radical (unpaired) electrons. The molecule has 0 aliphatic heterocycles. The van der Waals surface area contributed by atoms with Crippen molar-refractivity contribution < 1.29 is 19.3 Å². The van der Waals surface area contributed by atoms with E-state index in [1.807, 2.05) is 42.6 Å². The molecule has 0 heterocycles. The number of aromatic hydroxyl groups is 1. The van der Waals surface area contributed by atoms with E-state index in [4.69, 9.17) is 19.2 Å². The van der Waals surface area contributed by atoms with Gasteiger partial charge in [-0.3, -0.25) is 9.79 Å². The van der Waals surface area contributed by atoms with Crippen LogP contribution in [0.25, 0.3) is 11.1 Å². The third-order valence-electron chi connectivity index (χ3n) is 5.69. The van der Waals surface area contributed by atoms with Crippen LogP contribution in [0.3, 0.4) is 0 Å². The lowest BCUT2D eigenvalue weighted by Crippen LogP contribution is -2.02. The lowest BCUT2D eigenvalue weighted by molar-refractivity contribution is 0.324. The number of ether oxygens (including phenoxy) is 3. The minimum Gasteiger partial charge on any atom is -0.504 e. The number of nitrogens with zero attached hydrogens (tertiary/aromatic N) is 1. The molecule has 1 aliphatic rings. The maximum absolute atomic E-state index is 12.5. The summed E-state index contributed by atoms with van der Waals surface area (Å²) in [5.74, 6) is 1.26. The minimum atomic E-state index is -0.450. The van der Waals surface area contributed by atoms with Gasteiger partial charge in [0.1, 0.15) is 0 Å². The van der Waals surface area contributed by atoms with Crippen LogP contribution in [-0.4, -0.2) is 32.7 Å². The molecule has 32 heavy (non-hydrogen) atoms. The fourth-order valence-corrected chi connectivity index (χ4v) is 4.15. The van der Waals surface area contributed by atoms with E-state index in [0.717, 1.165) is 27.8 Å². The molecule has 0 saturated heterocycles. The largest absolute Gasteiger partial charge is 0.504 e. The average molecular weight is 431 g/mol. The van der Waals surface area contributed by atoms with Gasteiger partial charge >= 0.3 is 0 Å². The lowest BCUT2D eigenvalue weighted by Gasteiger charge is -2.19. The van der Waals surface area contributed by atoms with E-state index in [0.29, 0.717) is 30.1 Å². The summed E-state index contributed by atoms with van der Waals surface area (Å²) >= 11 is 0. The average Bonchev–Trinajstić information content (AvgIpc) is 3.06. The van der Waals surface area contributed by atoms with Crippen LogP contribution in [0.5, 0.6) is 23.0 Å². The zero-order valence-electron chi connectivity index (χ0n) is 18.3. The molecule has 3 aromatic carbocycles. The van der Waals surface area contributed by atoms with Gasteiger partial charge in [-0.25, -0.2) is 0 Å². The van der Waals surface area contributed by atoms with Gasteiger partial charge in [0.15, 0.2) is 17.2 Å². The summed E-state index contributed by atoms with van der Waals surface area (Å²) < 4.78 is 16.9. The Balaban J connectivity index is 1.98. The molecule has 0 aromatic heterocycles. The molecule has 6 heteroatoms. The summed E-state index contributed by atoms with van der Waals surface area (Å²) in [6.07, 6.45) is 3.19. The van der Waals surface area contributed by atoms with Crippen molar-refractivity contribution in [1.82, 2.24) is 0 Å². The van der Waals surface area contributed by atoms with Gasteiger partial charge in [0.2, 0.25) is 11.2 Å². The summed E-state index contributed by atoms with van der Waals surface area (Å²) in [6.45, 7) is 0. The van der Waals surface area contributed by atoms with E-state index < -0.39 is 5.43 Å². The van der Waals surface area contributed by atoms with E-state index in [2.05, 4.69) is 0 Å². The van der Waals surface area contributed by atoms with Gasteiger partial charge in [0, 0.05) is 11.8 Å². The Morgan fingerprint density at radius 3 is 2.41 bits per heavy atom. The molecule has 0 bridgehead atoms. The molecule has 3 aromatic rings. The van der Waals surface area contributed by atoms with Crippen LogP contribution in [0.2, 0.25) is 0 Å². The fraction of sp³-hybridized carbons (Fsp3) is 0.231. The number of benzene rings is 2. The Morgan fingerprint density at radius 1 is 0.969 bits per heavy atom. The van der Waals surface area contributed by atoms with Crippen molar-refractivity contribution in [3.63, 3.8) is 0 Å². The van der Waals surface area contributed by atoms with Gasteiger partial charge in [-0.05, 0) is 53.3 Å². The Morgan fingerprint density at radius 2 is 1.72 bits per heavy atom. The number of hydrogen-bond acceptors (Lipinski definition) is 6. The molecule has 0 spiro atoms. The molecule has 4 rings (SSSR count). The fourth-order valence-electron chi connectivity index (χ4n) is 4.15. The van der Waals surface area contributed by atoms with Gasteiger partial charge in [-0.15, -0.1) is 0 Å². The van der Waals surface area contributed by atoms with E-state index in [-0.39, 0.29) is 11.8 Å². The molecule has 0 fully saturated rings. The monoisotopic (exact) mass is 431 g/mol. The molecule has 0 saturated carbocycles. The highest BCUT2D eigenvalue weighted by Crippen LogP contribution is 2.50. The topological polar surface area (TPSA) is 77.4 Å². The molecule has 164 valence electrons. The van der Waals surface area contributed by atoms with Crippen molar-refractivity contribution in [3.8, 4) is 34.1 Å². The summed E-state index contributed by atoms with van der Waals surface area (Å²) in [5, 5.41) is 10.1. The second kappa shape index (κ2) is 9.14. The van der Waals surface area contributed by atoms with Crippen molar-refractivity contribution in [2.45, 2.75) is 18.9 Å². The van der Waals surface area contributed by atoms with E-state index >= 15 is 0 Å². The summed E-state index contributed by atoms with van der Waals surface area (Å²) in [4.78, 5) is 17.4. The quantitative estimate of drug-likeness (QED) is 0.600. The zero-order chi connectivity index (χ0) is 22.7. The highest BCUT2D eigenvalue weighted by atomic mass is 16.5. The van der Waals surface area contributed by atoms with Gasteiger partial charge in [0.05, 0.1) is 27.4 Å². The Kier molecular flexibility index (Phi) is 6.12. The molecule has 0 amide bonds. The molecule has 6 nitrogen and oxygen atoms in total. The molecule has 1 N–H and O–H groups in total. The van der Waals surface area contributed by atoms with Crippen LogP contribution < -0.4 is 19.6 Å². The van der Waals surface area contributed by atoms with Crippen LogP contribution in [0, 0.1) is 0 Å². The maximum atomic E-state index is 12.5. The first-order chi connectivity index (χ1) is 15.6. The number of aryl methyl sites for hydroxylation is 1. The molecule has 1 aliphatic carbocycles. The molecular weight excluding hydrogens is 406 g/mol. The SMILES string of the molecule is COc1cc2c(c(OC)c1OC)-c1ccc(O)c(=O)cc1[C@H](N=Cc1ccccc1)CC2. The molecular formula is C26H25NO5. The van der Waals surface area contributed by atoms with E-state index in [9.17, 15) is 9.90 Å². The Bertz CT molecular complexity index is 1220. The van der Waals surface area contributed by atoms with E-state index in [1.165, 1.54) is 12.1 Å². The van der Waals surface area contributed by atoms with Crippen molar-refractivity contribution in [3.05, 3.63) is 81.5 Å². The summed E-state index contributed by atoms with van der Waals surface area (Å²) in [6, 6.07) is 16.1. The van der Waals surface area contributed by atoms with Gasteiger partial charge in [0.25, 0.3) is 0 Å². The van der Waals surface area contributed by atoms with Gasteiger partial charge in [-0.2, -0.15) is 0 Å². The number of rotatable bonds is 5. The number of fused-ring (bicyclic) bond motifs is 3. The van der Waals surface area contributed by atoms with Crippen molar-refractivity contribution in [2.24, 2.45) is 4.99 Å². The third-order valence-corrected chi connectivity index (χ3v) is 5.69. The van der Waals surface area contributed by atoms with Crippen LogP contribution in [0.1, 0.15) is 29.2 Å². The number of aliphatic imine (C=N–C) groups is 1. The molecule has 1 atom stereocenters. The molecule has 0 unspecified atom stereocenters. The normalized spacial score (nSPS) is 14.9. The Labute approximate surface area is 186 Å². The number of methoxy groups -OCH3 is 3. The highest BCUT2D eigenvalue weighted by Gasteiger charge is 2.28. The van der Waals surface area contributed by atoms with Crippen LogP contribution in [0.4, 0.5) is 0 Å². The van der Waals surface area contributed by atoms with Gasteiger partial charge in [-0.1, -0.05) is 36.4 Å². The third kappa shape index (κ3) is 3.91. The van der Waals surface area contributed by atoms with Crippen molar-refractivity contribution >= 4 is 6.21 Å². The standard InChI is InChI=1S/C26H25NO5/c1-30-23-13-17-9-11-20(27-15-16-7-5-4-6-8-16)19-14-22(29)21(28)12-10-18(19)24(17)26(32-3)25(23)31-2/h4-8,10,12-15,20H,9,11H2,1-3H3,(H,28,29)/t20-/m1/s1. The highest BCUT2D eigenvalue weighted by molar-refractivity contribution is 5.84. The Hall–Kier alpha value is -3.80. The minimum absolute atomic E-state index is 0.279. The first-order valence-electron chi connectivity index (χ1n) is 10.3. The second-order valence-corrected chi connectivity index (χ2v) is 7.52. The van der Waals surface area contributed by atoms with Crippen molar-refractivity contribution in [1.29, 1.82) is 0 Å². The first-order valence-corrected chi connectivity index (χ1v) is 10.3. The zero-order valence-corrected chi connectivity index (χ0v) is 18.3.